The van der Waals surface area contributed by atoms with Crippen LogP contribution in [-0.2, 0) is 0 Å². The number of aromatic nitrogens is 3. The number of hydrogen-bond donors (Lipinski definition) is 1. The molecule has 0 saturated heterocycles. The molecule has 5 nitrogen and oxygen atoms in total. The smallest absolute Gasteiger partial charge is 0.235 e. The van der Waals surface area contributed by atoms with Crippen molar-refractivity contribution in [3.8, 4) is 17.0 Å². The monoisotopic (exact) mass is 318 g/mol. The van der Waals surface area contributed by atoms with Gasteiger partial charge in [-0.05, 0) is 55.0 Å². The summed E-state index contributed by atoms with van der Waals surface area (Å²) in [6.07, 6.45) is 2.98. The molecule has 0 atom stereocenters. The SMILES string of the molecule is CCCOc1ccc(-c2ccn3c(n2)nc2ccc(N)cc23)cc1. The second kappa shape index (κ2) is 5.85. The third-order valence-electron chi connectivity index (χ3n) is 3.92. The normalized spacial score (nSPS) is 11.2. The molecule has 2 aromatic carbocycles. The van der Waals surface area contributed by atoms with Crippen LogP contribution in [-0.4, -0.2) is 21.0 Å². The topological polar surface area (TPSA) is 65.4 Å². The Labute approximate surface area is 139 Å². The van der Waals surface area contributed by atoms with Crippen molar-refractivity contribution in [1.82, 2.24) is 14.4 Å². The van der Waals surface area contributed by atoms with E-state index in [4.69, 9.17) is 10.5 Å². The predicted octanol–water partition coefficient (Wildman–Crippen LogP) is 3.92. The van der Waals surface area contributed by atoms with E-state index in [1.54, 1.807) is 0 Å². The number of benzene rings is 2. The molecule has 5 heteroatoms. The van der Waals surface area contributed by atoms with E-state index < -0.39 is 0 Å². The first kappa shape index (κ1) is 14.5. The van der Waals surface area contributed by atoms with Gasteiger partial charge in [0.2, 0.25) is 5.78 Å². The first-order valence-electron chi connectivity index (χ1n) is 8.02. The molecule has 2 N–H and O–H groups in total. The van der Waals surface area contributed by atoms with Crippen LogP contribution in [0.4, 0.5) is 5.69 Å². The van der Waals surface area contributed by atoms with Gasteiger partial charge >= 0.3 is 0 Å². The summed E-state index contributed by atoms with van der Waals surface area (Å²) >= 11 is 0. The van der Waals surface area contributed by atoms with E-state index in [-0.39, 0.29) is 0 Å². The summed E-state index contributed by atoms with van der Waals surface area (Å²) in [6, 6.07) is 15.6. The molecule has 0 radical (unpaired) electrons. The van der Waals surface area contributed by atoms with Crippen molar-refractivity contribution >= 4 is 22.5 Å². The van der Waals surface area contributed by atoms with Gasteiger partial charge in [0.05, 0.1) is 23.3 Å². The van der Waals surface area contributed by atoms with E-state index in [0.717, 1.165) is 46.8 Å². The number of fused-ring (bicyclic) bond motifs is 3. The molecule has 0 bridgehead atoms. The molecule has 0 aliphatic rings. The van der Waals surface area contributed by atoms with Crippen LogP contribution in [0.1, 0.15) is 13.3 Å². The largest absolute Gasteiger partial charge is 0.494 e. The highest BCUT2D eigenvalue weighted by atomic mass is 16.5. The fourth-order valence-electron chi connectivity index (χ4n) is 2.72. The lowest BCUT2D eigenvalue weighted by atomic mass is 10.1. The van der Waals surface area contributed by atoms with Crippen molar-refractivity contribution < 1.29 is 4.74 Å². The molecule has 0 aliphatic carbocycles. The van der Waals surface area contributed by atoms with E-state index in [1.807, 2.05) is 59.1 Å². The van der Waals surface area contributed by atoms with E-state index in [2.05, 4.69) is 16.9 Å². The number of ether oxygens (including phenoxy) is 1. The molecule has 0 unspecified atom stereocenters. The van der Waals surface area contributed by atoms with Crippen molar-refractivity contribution in [3.63, 3.8) is 0 Å². The Bertz CT molecular complexity index is 1010. The number of anilines is 1. The highest BCUT2D eigenvalue weighted by Crippen LogP contribution is 2.24. The van der Waals surface area contributed by atoms with Gasteiger partial charge in [-0.15, -0.1) is 0 Å². The van der Waals surface area contributed by atoms with Gasteiger partial charge in [0, 0.05) is 17.4 Å². The molecule has 0 amide bonds. The fraction of sp³-hybridized carbons (Fsp3) is 0.158. The second-order valence-corrected chi connectivity index (χ2v) is 5.72. The second-order valence-electron chi connectivity index (χ2n) is 5.72. The summed E-state index contributed by atoms with van der Waals surface area (Å²) in [5, 5.41) is 0. The third-order valence-corrected chi connectivity index (χ3v) is 3.92. The molecule has 120 valence electrons. The summed E-state index contributed by atoms with van der Waals surface area (Å²) in [5.41, 5.74) is 10.4. The first-order valence-corrected chi connectivity index (χ1v) is 8.02. The van der Waals surface area contributed by atoms with Crippen LogP contribution in [0.2, 0.25) is 0 Å². The Hall–Kier alpha value is -3.08. The quantitative estimate of drug-likeness (QED) is 0.579. The third kappa shape index (κ3) is 2.54. The molecule has 24 heavy (non-hydrogen) atoms. The zero-order valence-corrected chi connectivity index (χ0v) is 13.4. The van der Waals surface area contributed by atoms with E-state index in [1.165, 1.54) is 0 Å². The van der Waals surface area contributed by atoms with Crippen LogP contribution in [0, 0.1) is 0 Å². The lowest BCUT2D eigenvalue weighted by molar-refractivity contribution is 0.317. The molecule has 2 aromatic heterocycles. The highest BCUT2D eigenvalue weighted by Gasteiger charge is 2.08. The van der Waals surface area contributed by atoms with Crippen LogP contribution in [0.15, 0.2) is 54.7 Å². The maximum atomic E-state index is 5.87. The Morgan fingerprint density at radius 2 is 1.88 bits per heavy atom. The Kier molecular flexibility index (Phi) is 3.54. The van der Waals surface area contributed by atoms with Gasteiger partial charge in [-0.2, -0.15) is 0 Å². The van der Waals surface area contributed by atoms with Crippen molar-refractivity contribution in [1.29, 1.82) is 0 Å². The summed E-state index contributed by atoms with van der Waals surface area (Å²) < 4.78 is 7.57. The minimum Gasteiger partial charge on any atom is -0.494 e. The van der Waals surface area contributed by atoms with Gasteiger partial charge in [0.25, 0.3) is 0 Å². The van der Waals surface area contributed by atoms with E-state index >= 15 is 0 Å². The lowest BCUT2D eigenvalue weighted by Gasteiger charge is -2.06. The molecule has 4 aromatic rings. The van der Waals surface area contributed by atoms with Crippen molar-refractivity contribution in [2.75, 3.05) is 12.3 Å². The van der Waals surface area contributed by atoms with Gasteiger partial charge in [-0.1, -0.05) is 6.92 Å². The van der Waals surface area contributed by atoms with Gasteiger partial charge in [0.15, 0.2) is 0 Å². The molecule has 4 rings (SSSR count). The predicted molar refractivity (Wildman–Crippen MR) is 96.1 cm³/mol. The van der Waals surface area contributed by atoms with E-state index in [0.29, 0.717) is 5.78 Å². The summed E-state index contributed by atoms with van der Waals surface area (Å²) in [5.74, 6) is 1.54. The summed E-state index contributed by atoms with van der Waals surface area (Å²) in [7, 11) is 0. The average molecular weight is 318 g/mol. The van der Waals surface area contributed by atoms with Crippen LogP contribution in [0.25, 0.3) is 28.1 Å². The standard InChI is InChI=1S/C19H18N4O/c1-2-11-24-15-6-3-13(4-7-15)16-9-10-23-18-12-14(20)5-8-17(18)22-19(23)21-16/h3-10,12H,2,11,20H2,1H3. The van der Waals surface area contributed by atoms with Gasteiger partial charge in [-0.25, -0.2) is 9.97 Å². The van der Waals surface area contributed by atoms with Crippen LogP contribution >= 0.6 is 0 Å². The van der Waals surface area contributed by atoms with Crippen molar-refractivity contribution in [2.24, 2.45) is 0 Å². The van der Waals surface area contributed by atoms with Crippen LogP contribution in [0.5, 0.6) is 5.75 Å². The summed E-state index contributed by atoms with van der Waals surface area (Å²) in [4.78, 5) is 9.25. The minimum absolute atomic E-state index is 0.666. The number of imidazole rings is 1. The Morgan fingerprint density at radius 1 is 1.04 bits per heavy atom. The number of rotatable bonds is 4. The maximum absolute atomic E-state index is 5.87. The molecule has 0 aliphatic heterocycles. The lowest BCUT2D eigenvalue weighted by Crippen LogP contribution is -1.95. The van der Waals surface area contributed by atoms with Gasteiger partial charge < -0.3 is 10.5 Å². The van der Waals surface area contributed by atoms with E-state index in [9.17, 15) is 0 Å². The van der Waals surface area contributed by atoms with Crippen LogP contribution < -0.4 is 10.5 Å². The Balaban J connectivity index is 1.73. The zero-order valence-electron chi connectivity index (χ0n) is 13.4. The maximum Gasteiger partial charge on any atom is 0.235 e. The zero-order chi connectivity index (χ0) is 16.5. The van der Waals surface area contributed by atoms with Crippen molar-refractivity contribution in [3.05, 3.63) is 54.7 Å². The molecule has 0 spiro atoms. The van der Waals surface area contributed by atoms with Crippen LogP contribution in [0.3, 0.4) is 0 Å². The van der Waals surface area contributed by atoms with Crippen molar-refractivity contribution in [2.45, 2.75) is 13.3 Å². The number of nitrogen functional groups attached to an aromatic ring is 1. The molecule has 0 saturated carbocycles. The molecule has 0 fully saturated rings. The fourth-order valence-corrected chi connectivity index (χ4v) is 2.72. The number of nitrogens with zero attached hydrogens (tertiary/aromatic N) is 3. The first-order chi connectivity index (χ1) is 11.7. The minimum atomic E-state index is 0.666. The van der Waals surface area contributed by atoms with Gasteiger partial charge in [0.1, 0.15) is 5.75 Å². The number of hydrogen-bond acceptors (Lipinski definition) is 4. The average Bonchev–Trinajstić information content (AvgIpc) is 2.97. The Morgan fingerprint density at radius 3 is 2.67 bits per heavy atom. The summed E-state index contributed by atoms with van der Waals surface area (Å²) in [6.45, 7) is 2.82. The highest BCUT2D eigenvalue weighted by molar-refractivity contribution is 5.83. The molecule has 2 heterocycles. The van der Waals surface area contributed by atoms with Gasteiger partial charge in [-0.3, -0.25) is 4.40 Å². The molecular formula is C19H18N4O. The molecular weight excluding hydrogens is 300 g/mol. The number of nitrogens with two attached hydrogens (primary N) is 1.